The molecular formula is C21H21Cl2N5O3. The molecule has 0 spiro atoms. The highest BCUT2D eigenvalue weighted by atomic mass is 35.5. The van der Waals surface area contributed by atoms with Crippen LogP contribution in [0, 0.1) is 0 Å². The fraction of sp³-hybridized carbons (Fsp3) is 0.286. The summed E-state index contributed by atoms with van der Waals surface area (Å²) in [4.78, 5) is 24.6. The molecule has 0 saturated heterocycles. The molecule has 0 aliphatic carbocycles. The van der Waals surface area contributed by atoms with Crippen molar-refractivity contribution >= 4 is 35.1 Å². The Labute approximate surface area is 189 Å². The third-order valence-electron chi connectivity index (χ3n) is 4.61. The number of carbonyl (C=O) groups excluding carboxylic acids is 2. The van der Waals surface area contributed by atoms with Crippen LogP contribution in [0.3, 0.4) is 0 Å². The number of esters is 1. The molecule has 1 heterocycles. The predicted molar refractivity (Wildman–Crippen MR) is 117 cm³/mol. The second-order valence-corrected chi connectivity index (χ2v) is 7.68. The van der Waals surface area contributed by atoms with E-state index in [1.165, 1.54) is 11.0 Å². The fourth-order valence-corrected chi connectivity index (χ4v) is 3.67. The normalized spacial score (nSPS) is 11.7. The molecule has 3 rings (SSSR count). The molecule has 1 atom stereocenters. The van der Waals surface area contributed by atoms with Crippen molar-refractivity contribution in [3.05, 3.63) is 70.0 Å². The molecule has 31 heavy (non-hydrogen) atoms. The Balaban J connectivity index is 1.54. The van der Waals surface area contributed by atoms with Crippen molar-refractivity contribution in [2.24, 2.45) is 0 Å². The number of aromatic nitrogens is 4. The highest BCUT2D eigenvalue weighted by Gasteiger charge is 2.17. The minimum atomic E-state index is -0.615. The first-order valence-electron chi connectivity index (χ1n) is 9.70. The van der Waals surface area contributed by atoms with Crippen LogP contribution in [0.4, 0.5) is 0 Å². The number of nitrogens with zero attached hydrogens (tertiary/aromatic N) is 4. The maximum Gasteiger partial charge on any atom is 0.338 e. The maximum atomic E-state index is 12.3. The molecule has 3 aromatic rings. The summed E-state index contributed by atoms with van der Waals surface area (Å²) in [7, 11) is 0. The van der Waals surface area contributed by atoms with Gasteiger partial charge < -0.3 is 10.1 Å². The number of tetrazole rings is 1. The lowest BCUT2D eigenvalue weighted by atomic mass is 9.94. The van der Waals surface area contributed by atoms with Gasteiger partial charge in [0.05, 0.1) is 11.3 Å². The van der Waals surface area contributed by atoms with Crippen LogP contribution in [0.25, 0.3) is 5.69 Å². The molecular weight excluding hydrogens is 441 g/mol. The van der Waals surface area contributed by atoms with Crippen LogP contribution < -0.4 is 5.32 Å². The summed E-state index contributed by atoms with van der Waals surface area (Å²) in [6.45, 7) is 2.05. The standard InChI is InChI=1S/C21H21Cl2N5O3/c1-2-4-15(18-8-7-16(22)10-19(18)23)11-24-20(29)12-31-21(30)14-5-3-6-17(9-14)28-13-25-26-27-28/h3,5-10,13,15H,2,4,11-12H2,1H3,(H,24,29)/t15-/m1/s1. The van der Waals surface area contributed by atoms with E-state index in [1.54, 1.807) is 36.4 Å². The maximum absolute atomic E-state index is 12.3. The number of nitrogens with one attached hydrogen (secondary N) is 1. The SMILES string of the molecule is CCC[C@H](CNC(=O)COC(=O)c1cccc(-n2cnnn2)c1)c1ccc(Cl)cc1Cl. The Hall–Kier alpha value is -2.97. The number of rotatable bonds is 9. The van der Waals surface area contributed by atoms with E-state index >= 15 is 0 Å². The summed E-state index contributed by atoms with van der Waals surface area (Å²) in [5.74, 6) is -0.977. The van der Waals surface area contributed by atoms with Gasteiger partial charge in [0.15, 0.2) is 6.61 Å². The van der Waals surface area contributed by atoms with Crippen LogP contribution in [-0.4, -0.2) is 45.2 Å². The molecule has 0 bridgehead atoms. The number of ether oxygens (including phenoxy) is 1. The average Bonchev–Trinajstić information content (AvgIpc) is 3.30. The Bertz CT molecular complexity index is 1040. The monoisotopic (exact) mass is 461 g/mol. The number of hydrogen-bond acceptors (Lipinski definition) is 6. The van der Waals surface area contributed by atoms with Gasteiger partial charge >= 0.3 is 5.97 Å². The van der Waals surface area contributed by atoms with Gasteiger partial charge in [-0.25, -0.2) is 9.48 Å². The summed E-state index contributed by atoms with van der Waals surface area (Å²) in [6.07, 6.45) is 3.18. The second-order valence-electron chi connectivity index (χ2n) is 6.84. The summed E-state index contributed by atoms with van der Waals surface area (Å²) < 4.78 is 6.56. The van der Waals surface area contributed by atoms with Crippen molar-refractivity contribution in [1.29, 1.82) is 0 Å². The van der Waals surface area contributed by atoms with E-state index in [4.69, 9.17) is 27.9 Å². The third kappa shape index (κ3) is 6.26. The zero-order chi connectivity index (χ0) is 22.2. The van der Waals surface area contributed by atoms with Crippen LogP contribution in [0.15, 0.2) is 48.8 Å². The Morgan fingerprint density at radius 2 is 2.03 bits per heavy atom. The topological polar surface area (TPSA) is 99.0 Å². The molecule has 0 aliphatic heterocycles. The molecule has 10 heteroatoms. The van der Waals surface area contributed by atoms with Crippen molar-refractivity contribution in [1.82, 2.24) is 25.5 Å². The average molecular weight is 462 g/mol. The molecule has 0 fully saturated rings. The van der Waals surface area contributed by atoms with E-state index in [1.807, 2.05) is 6.07 Å². The molecule has 1 aromatic heterocycles. The third-order valence-corrected chi connectivity index (χ3v) is 5.18. The summed E-state index contributed by atoms with van der Waals surface area (Å²) in [5, 5.41) is 14.8. The number of amides is 1. The first-order chi connectivity index (χ1) is 15.0. The molecule has 2 aromatic carbocycles. The molecule has 0 unspecified atom stereocenters. The van der Waals surface area contributed by atoms with E-state index in [2.05, 4.69) is 27.8 Å². The smallest absolute Gasteiger partial charge is 0.338 e. The van der Waals surface area contributed by atoms with Gasteiger partial charge in [-0.15, -0.1) is 5.10 Å². The highest BCUT2D eigenvalue weighted by molar-refractivity contribution is 6.35. The zero-order valence-electron chi connectivity index (χ0n) is 16.8. The van der Waals surface area contributed by atoms with Gasteiger partial charge in [-0.05, 0) is 52.7 Å². The van der Waals surface area contributed by atoms with Crippen LogP contribution in [0.2, 0.25) is 10.0 Å². The lowest BCUT2D eigenvalue weighted by molar-refractivity contribution is -0.124. The quantitative estimate of drug-likeness (QED) is 0.486. The van der Waals surface area contributed by atoms with Gasteiger partial charge in [-0.3, -0.25) is 4.79 Å². The van der Waals surface area contributed by atoms with Crippen molar-refractivity contribution in [3.8, 4) is 5.69 Å². The second kappa shape index (κ2) is 10.9. The van der Waals surface area contributed by atoms with E-state index in [0.29, 0.717) is 22.3 Å². The van der Waals surface area contributed by atoms with Crippen molar-refractivity contribution in [2.75, 3.05) is 13.2 Å². The predicted octanol–water partition coefficient (Wildman–Crippen LogP) is 3.83. The molecule has 1 N–H and O–H groups in total. The highest BCUT2D eigenvalue weighted by Crippen LogP contribution is 2.30. The fourth-order valence-electron chi connectivity index (χ4n) is 3.11. The van der Waals surface area contributed by atoms with Gasteiger partial charge in [0, 0.05) is 22.5 Å². The van der Waals surface area contributed by atoms with E-state index in [0.717, 1.165) is 18.4 Å². The van der Waals surface area contributed by atoms with E-state index < -0.39 is 11.9 Å². The lowest BCUT2D eigenvalue weighted by Gasteiger charge is -2.19. The minimum absolute atomic E-state index is 0.0300. The minimum Gasteiger partial charge on any atom is -0.452 e. The number of benzene rings is 2. The van der Waals surface area contributed by atoms with Gasteiger partial charge in [0.2, 0.25) is 0 Å². The molecule has 0 radical (unpaired) electrons. The number of halogens is 2. The largest absolute Gasteiger partial charge is 0.452 e. The molecule has 0 aliphatic rings. The van der Waals surface area contributed by atoms with Crippen LogP contribution >= 0.6 is 23.2 Å². The first kappa shape index (κ1) is 22.7. The van der Waals surface area contributed by atoms with Gasteiger partial charge in [0.25, 0.3) is 5.91 Å². The Morgan fingerprint density at radius 3 is 2.74 bits per heavy atom. The Morgan fingerprint density at radius 1 is 1.19 bits per heavy atom. The molecule has 1 amide bonds. The van der Waals surface area contributed by atoms with E-state index in [9.17, 15) is 9.59 Å². The zero-order valence-corrected chi connectivity index (χ0v) is 18.3. The number of hydrogen-bond donors (Lipinski definition) is 1. The van der Waals surface area contributed by atoms with E-state index in [-0.39, 0.29) is 18.1 Å². The van der Waals surface area contributed by atoms with Crippen molar-refractivity contribution < 1.29 is 14.3 Å². The van der Waals surface area contributed by atoms with Gasteiger partial charge in [0.1, 0.15) is 6.33 Å². The lowest BCUT2D eigenvalue weighted by Crippen LogP contribution is -2.32. The molecule has 8 nitrogen and oxygen atoms in total. The van der Waals surface area contributed by atoms with Gasteiger partial charge in [-0.2, -0.15) is 0 Å². The van der Waals surface area contributed by atoms with Gasteiger partial charge in [-0.1, -0.05) is 48.7 Å². The van der Waals surface area contributed by atoms with Crippen LogP contribution in [-0.2, 0) is 9.53 Å². The Kier molecular flexibility index (Phi) is 7.97. The summed E-state index contributed by atoms with van der Waals surface area (Å²) in [6, 6.07) is 11.9. The summed E-state index contributed by atoms with van der Waals surface area (Å²) in [5.41, 5.74) is 1.81. The van der Waals surface area contributed by atoms with Crippen molar-refractivity contribution in [3.63, 3.8) is 0 Å². The summed E-state index contributed by atoms with van der Waals surface area (Å²) >= 11 is 12.3. The van der Waals surface area contributed by atoms with Crippen LogP contribution in [0.5, 0.6) is 0 Å². The van der Waals surface area contributed by atoms with Crippen molar-refractivity contribution in [2.45, 2.75) is 25.7 Å². The molecule has 0 saturated carbocycles. The number of carbonyl (C=O) groups is 2. The first-order valence-corrected chi connectivity index (χ1v) is 10.5. The molecule has 162 valence electrons. The van der Waals surface area contributed by atoms with Crippen LogP contribution in [0.1, 0.15) is 41.6 Å².